The minimum Gasteiger partial charge on any atom is -0.444 e. The minimum atomic E-state index is -3.67. The molecule has 4 rings (SSSR count). The third-order valence-corrected chi connectivity index (χ3v) is 7.05. The van der Waals surface area contributed by atoms with Crippen LogP contribution in [-0.4, -0.2) is 33.1 Å². The second-order valence-corrected chi connectivity index (χ2v) is 11.0. The number of hydrogen-bond donors (Lipinski definition) is 1. The number of aryl methyl sites for hydroxylation is 1. The summed E-state index contributed by atoms with van der Waals surface area (Å²) >= 11 is 0. The van der Waals surface area contributed by atoms with E-state index in [0.717, 1.165) is 11.3 Å². The molecule has 0 unspecified atom stereocenters. The van der Waals surface area contributed by atoms with Gasteiger partial charge in [-0.3, -0.25) is 9.52 Å². The lowest BCUT2D eigenvalue weighted by Crippen LogP contribution is -2.14. The number of carbonyl (C=O) groups is 1. The summed E-state index contributed by atoms with van der Waals surface area (Å²) in [5, 5.41) is 0. The molecular formula is C22H18ClN3O6S2. The normalized spacial score (nSPS) is 11.2. The number of aldehydes is 1. The quantitative estimate of drug-likeness (QED) is 0.294. The van der Waals surface area contributed by atoms with Crippen molar-refractivity contribution in [1.29, 1.82) is 0 Å². The van der Waals surface area contributed by atoms with E-state index >= 15 is 0 Å². The molecule has 34 heavy (non-hydrogen) atoms. The molecule has 0 aliphatic rings. The second-order valence-electron chi connectivity index (χ2n) is 6.78. The molecule has 0 aliphatic heterocycles. The van der Waals surface area contributed by atoms with Crippen molar-refractivity contribution in [3.8, 4) is 11.3 Å². The predicted octanol–water partition coefficient (Wildman–Crippen LogP) is 4.27. The van der Waals surface area contributed by atoms with Crippen LogP contribution in [0.15, 0.2) is 93.5 Å². The van der Waals surface area contributed by atoms with Crippen molar-refractivity contribution in [1.82, 2.24) is 9.97 Å². The summed E-state index contributed by atoms with van der Waals surface area (Å²) in [5.41, 5.74) is 1.91. The zero-order valence-electron chi connectivity index (χ0n) is 17.6. The van der Waals surface area contributed by atoms with Crippen LogP contribution in [-0.2, 0) is 19.1 Å². The van der Waals surface area contributed by atoms with Gasteiger partial charge < -0.3 is 4.42 Å². The highest BCUT2D eigenvalue weighted by molar-refractivity contribution is 8.13. The number of nitrogens with zero attached hydrogens (tertiary/aromatic N) is 2. The number of pyridine rings is 1. The van der Waals surface area contributed by atoms with Gasteiger partial charge in [-0.25, -0.2) is 26.8 Å². The average molecular weight is 520 g/mol. The fourth-order valence-electron chi connectivity index (χ4n) is 2.66. The Balaban J connectivity index is 0.000000229. The van der Waals surface area contributed by atoms with Crippen LogP contribution >= 0.6 is 10.7 Å². The summed E-state index contributed by atoms with van der Waals surface area (Å²) in [7, 11) is -2.31. The molecule has 0 aliphatic carbocycles. The Morgan fingerprint density at radius 1 is 0.912 bits per heavy atom. The molecule has 2 heterocycles. The lowest BCUT2D eigenvalue weighted by atomic mass is 10.2. The third kappa shape index (κ3) is 6.73. The Bertz CT molecular complexity index is 1470. The molecule has 9 nitrogen and oxygen atoms in total. The van der Waals surface area contributed by atoms with Gasteiger partial charge in [-0.05, 0) is 55.5 Å². The average Bonchev–Trinajstić information content (AvgIpc) is 3.34. The molecule has 0 amide bonds. The van der Waals surface area contributed by atoms with Crippen LogP contribution < -0.4 is 4.72 Å². The Labute approximate surface area is 200 Å². The first kappa shape index (κ1) is 25.1. The van der Waals surface area contributed by atoms with Crippen LogP contribution in [0, 0.1) is 6.92 Å². The SMILES string of the molecule is Cc1cccc(NS(=O)(=O)c2ccc(-c3cnco3)cc2)n1.O=Cc1ccc(S(=O)(=O)Cl)cc1. The Morgan fingerprint density at radius 3 is 2.09 bits per heavy atom. The van der Waals surface area contributed by atoms with Crippen LogP contribution in [0.3, 0.4) is 0 Å². The highest BCUT2D eigenvalue weighted by Gasteiger charge is 2.15. The zero-order chi connectivity index (χ0) is 24.8. The highest BCUT2D eigenvalue weighted by Crippen LogP contribution is 2.22. The van der Waals surface area contributed by atoms with Gasteiger partial charge in [0.1, 0.15) is 12.1 Å². The smallest absolute Gasteiger partial charge is 0.263 e. The Kier molecular flexibility index (Phi) is 7.82. The first-order chi connectivity index (χ1) is 16.1. The van der Waals surface area contributed by atoms with Gasteiger partial charge in [0.2, 0.25) is 0 Å². The first-order valence-corrected chi connectivity index (χ1v) is 13.3. The van der Waals surface area contributed by atoms with E-state index in [9.17, 15) is 21.6 Å². The van der Waals surface area contributed by atoms with Crippen molar-refractivity contribution < 1.29 is 26.0 Å². The van der Waals surface area contributed by atoms with E-state index in [1.54, 1.807) is 43.5 Å². The molecule has 0 saturated heterocycles. The summed E-state index contributed by atoms with van der Waals surface area (Å²) in [6.07, 6.45) is 3.52. The van der Waals surface area contributed by atoms with Crippen LogP contribution in [0.1, 0.15) is 16.1 Å². The molecule has 0 bridgehead atoms. The summed E-state index contributed by atoms with van der Waals surface area (Å²) < 4.78 is 53.7. The van der Waals surface area contributed by atoms with Crippen LogP contribution in [0.4, 0.5) is 5.82 Å². The molecule has 0 atom stereocenters. The number of anilines is 1. The van der Waals surface area contributed by atoms with E-state index in [1.807, 2.05) is 0 Å². The van der Waals surface area contributed by atoms with Crippen LogP contribution in [0.5, 0.6) is 0 Å². The molecule has 2 aromatic heterocycles. The number of benzene rings is 2. The number of aromatic nitrogens is 2. The minimum absolute atomic E-state index is 0.00485. The van der Waals surface area contributed by atoms with Gasteiger partial charge in [0.15, 0.2) is 12.2 Å². The molecule has 0 saturated carbocycles. The summed E-state index contributed by atoms with van der Waals surface area (Å²) in [5.74, 6) is 0.872. The molecule has 0 fully saturated rings. The number of sulfonamides is 1. The number of halogens is 1. The zero-order valence-corrected chi connectivity index (χ0v) is 20.0. The molecule has 176 valence electrons. The largest absolute Gasteiger partial charge is 0.444 e. The van der Waals surface area contributed by atoms with Crippen molar-refractivity contribution in [2.75, 3.05) is 4.72 Å². The number of hydrogen-bond acceptors (Lipinski definition) is 8. The number of carbonyl (C=O) groups excluding carboxylic acids is 1. The summed E-state index contributed by atoms with van der Waals surface area (Å²) in [6.45, 7) is 1.80. The molecule has 2 aromatic carbocycles. The van der Waals surface area contributed by atoms with E-state index in [0.29, 0.717) is 23.4 Å². The number of nitrogens with one attached hydrogen (secondary N) is 1. The fourth-order valence-corrected chi connectivity index (χ4v) is 4.43. The highest BCUT2D eigenvalue weighted by atomic mass is 35.7. The van der Waals surface area contributed by atoms with E-state index in [2.05, 4.69) is 14.7 Å². The molecule has 0 radical (unpaired) electrons. The van der Waals surface area contributed by atoms with Gasteiger partial charge in [0.05, 0.1) is 16.0 Å². The Hall–Kier alpha value is -3.54. The van der Waals surface area contributed by atoms with Gasteiger partial charge in [-0.1, -0.05) is 18.2 Å². The van der Waals surface area contributed by atoms with Crippen molar-refractivity contribution in [3.05, 3.63) is 90.6 Å². The van der Waals surface area contributed by atoms with Crippen molar-refractivity contribution in [2.24, 2.45) is 0 Å². The molecule has 0 spiro atoms. The summed E-state index contributed by atoms with van der Waals surface area (Å²) in [6, 6.07) is 16.8. The molecule has 4 aromatic rings. The topological polar surface area (TPSA) is 136 Å². The number of rotatable bonds is 6. The van der Waals surface area contributed by atoms with Crippen LogP contribution in [0.2, 0.25) is 0 Å². The predicted molar refractivity (Wildman–Crippen MR) is 127 cm³/mol. The molecule has 12 heteroatoms. The van der Waals surface area contributed by atoms with Crippen molar-refractivity contribution in [2.45, 2.75) is 16.7 Å². The molecule has 1 N–H and O–H groups in total. The summed E-state index contributed by atoms with van der Waals surface area (Å²) in [4.78, 5) is 18.3. The van der Waals surface area contributed by atoms with Crippen molar-refractivity contribution in [3.63, 3.8) is 0 Å². The van der Waals surface area contributed by atoms with Gasteiger partial charge in [0, 0.05) is 27.5 Å². The van der Waals surface area contributed by atoms with Crippen LogP contribution in [0.25, 0.3) is 11.3 Å². The Morgan fingerprint density at radius 2 is 1.56 bits per heavy atom. The number of oxazole rings is 1. The first-order valence-electron chi connectivity index (χ1n) is 9.54. The van der Waals surface area contributed by atoms with Gasteiger partial charge in [-0.15, -0.1) is 0 Å². The van der Waals surface area contributed by atoms with E-state index in [-0.39, 0.29) is 9.79 Å². The maximum atomic E-state index is 12.3. The lowest BCUT2D eigenvalue weighted by molar-refractivity contribution is 0.112. The van der Waals surface area contributed by atoms with Gasteiger partial charge >= 0.3 is 0 Å². The van der Waals surface area contributed by atoms with E-state index < -0.39 is 19.1 Å². The monoisotopic (exact) mass is 519 g/mol. The maximum absolute atomic E-state index is 12.3. The standard InChI is InChI=1S/C15H13N3O3S.C7H5ClO3S/c1-11-3-2-4-15(17-11)18-22(19,20)13-7-5-12(6-8-13)14-9-16-10-21-14;8-12(10,11)7-3-1-6(5-9)2-4-7/h2-10H,1H3,(H,17,18);1-5H. The maximum Gasteiger partial charge on any atom is 0.263 e. The van der Waals surface area contributed by atoms with Crippen molar-refractivity contribution >= 4 is 41.9 Å². The van der Waals surface area contributed by atoms with Gasteiger partial charge in [0.25, 0.3) is 19.1 Å². The second kappa shape index (κ2) is 10.6. The molecular weight excluding hydrogens is 502 g/mol. The van der Waals surface area contributed by atoms with Gasteiger partial charge in [-0.2, -0.15) is 0 Å². The van der Waals surface area contributed by atoms with E-state index in [1.165, 1.54) is 42.8 Å². The van der Waals surface area contributed by atoms with E-state index in [4.69, 9.17) is 15.1 Å². The third-order valence-electron chi connectivity index (χ3n) is 4.31. The fraction of sp³-hybridized carbons (Fsp3) is 0.0455. The lowest BCUT2D eigenvalue weighted by Gasteiger charge is -2.08.